The number of hydrogen-bond acceptors (Lipinski definition) is 6. The quantitative estimate of drug-likeness (QED) is 0.328. The highest BCUT2D eigenvalue weighted by atomic mass is 16.5. The number of aromatic amines is 1. The van der Waals surface area contributed by atoms with E-state index >= 15 is 0 Å². The lowest BCUT2D eigenvalue weighted by Gasteiger charge is -2.31. The van der Waals surface area contributed by atoms with Gasteiger partial charge in [-0.3, -0.25) is 14.8 Å². The molecule has 4 aromatic rings. The fraction of sp³-hybridized carbons (Fsp3) is 0.312. The summed E-state index contributed by atoms with van der Waals surface area (Å²) in [5.74, 6) is 1.25. The third kappa shape index (κ3) is 5.20. The van der Waals surface area contributed by atoms with Crippen LogP contribution in [0.3, 0.4) is 0 Å². The topological polar surface area (TPSA) is 79.9 Å². The zero-order valence-electron chi connectivity index (χ0n) is 22.9. The van der Waals surface area contributed by atoms with E-state index in [0.29, 0.717) is 30.3 Å². The Morgan fingerprint density at radius 3 is 2.50 bits per heavy atom. The van der Waals surface area contributed by atoms with Gasteiger partial charge in [-0.1, -0.05) is 66.2 Å². The van der Waals surface area contributed by atoms with Crippen molar-refractivity contribution in [3.8, 4) is 22.8 Å². The van der Waals surface area contributed by atoms with E-state index in [1.807, 2.05) is 53.4 Å². The normalized spacial score (nSPS) is 17.2. The Hall–Kier alpha value is -4.14. The van der Waals surface area contributed by atoms with Gasteiger partial charge in [0.05, 0.1) is 32.1 Å². The number of benzene rings is 3. The summed E-state index contributed by atoms with van der Waals surface area (Å²) >= 11 is 0. The SMILES string of the molecule is COc1cc(C2c3c(-c4ccc(C)cc4)n[nH]c3C(=O)N2CCN2CCOCC2)ccc1OCc1ccccc1. The van der Waals surface area contributed by atoms with Crippen LogP contribution in [0.4, 0.5) is 0 Å². The number of carbonyl (C=O) groups is 1. The first-order valence-corrected chi connectivity index (χ1v) is 13.7. The number of carbonyl (C=O) groups excluding carboxylic acids is 1. The molecule has 8 heteroatoms. The predicted octanol–water partition coefficient (Wildman–Crippen LogP) is 4.85. The van der Waals surface area contributed by atoms with Gasteiger partial charge in [0, 0.05) is 37.3 Å². The molecule has 3 aromatic carbocycles. The van der Waals surface area contributed by atoms with Gasteiger partial charge in [0.15, 0.2) is 11.5 Å². The van der Waals surface area contributed by atoms with Gasteiger partial charge in [-0.25, -0.2) is 0 Å². The van der Waals surface area contributed by atoms with Crippen molar-refractivity contribution in [2.45, 2.75) is 19.6 Å². The number of hydrogen-bond donors (Lipinski definition) is 1. The Bertz CT molecular complexity index is 1460. The largest absolute Gasteiger partial charge is 0.493 e. The third-order valence-electron chi connectivity index (χ3n) is 7.69. The summed E-state index contributed by atoms with van der Waals surface area (Å²) in [6.45, 7) is 7.05. The molecule has 1 atom stereocenters. The minimum absolute atomic E-state index is 0.0394. The maximum absolute atomic E-state index is 13.8. The van der Waals surface area contributed by atoms with E-state index in [0.717, 1.165) is 60.8 Å². The summed E-state index contributed by atoms with van der Waals surface area (Å²) in [7, 11) is 1.64. The monoisotopic (exact) mass is 538 g/mol. The van der Waals surface area contributed by atoms with Crippen LogP contribution in [-0.4, -0.2) is 72.4 Å². The number of fused-ring (bicyclic) bond motifs is 1. The number of amides is 1. The molecule has 0 saturated carbocycles. The van der Waals surface area contributed by atoms with Gasteiger partial charge in [0.1, 0.15) is 12.3 Å². The maximum atomic E-state index is 13.8. The summed E-state index contributed by atoms with van der Waals surface area (Å²) < 4.78 is 17.4. The molecule has 2 aliphatic rings. The molecular weight excluding hydrogens is 504 g/mol. The minimum atomic E-state index is -0.310. The summed E-state index contributed by atoms with van der Waals surface area (Å²) in [6, 6.07) is 23.9. The molecule has 1 N–H and O–H groups in total. The summed E-state index contributed by atoms with van der Waals surface area (Å²) in [5.41, 5.74) is 6.42. The molecular formula is C32H34N4O4. The Labute approximate surface area is 234 Å². The molecule has 2 aliphatic heterocycles. The molecule has 1 amide bonds. The van der Waals surface area contributed by atoms with Gasteiger partial charge in [0.25, 0.3) is 5.91 Å². The van der Waals surface area contributed by atoms with Gasteiger partial charge >= 0.3 is 0 Å². The van der Waals surface area contributed by atoms with Gasteiger partial charge in [-0.2, -0.15) is 5.10 Å². The summed E-state index contributed by atoms with van der Waals surface area (Å²) in [6.07, 6.45) is 0. The van der Waals surface area contributed by atoms with Crippen molar-refractivity contribution < 1.29 is 19.0 Å². The molecule has 1 aromatic heterocycles. The van der Waals surface area contributed by atoms with E-state index in [-0.39, 0.29) is 11.9 Å². The first kappa shape index (κ1) is 26.1. The zero-order chi connectivity index (χ0) is 27.5. The molecule has 0 aliphatic carbocycles. The number of aryl methyl sites for hydroxylation is 1. The average molecular weight is 539 g/mol. The number of H-pyrrole nitrogens is 1. The lowest BCUT2D eigenvalue weighted by Crippen LogP contribution is -2.42. The number of nitrogens with zero attached hydrogens (tertiary/aromatic N) is 3. The number of methoxy groups -OCH3 is 1. The molecule has 3 heterocycles. The standard InChI is InChI=1S/C32H34N4O4/c1-22-8-10-24(11-9-22)29-28-30(34-33-29)32(37)36(15-14-35-16-18-39-19-17-35)31(28)25-12-13-26(27(20-25)38-2)40-21-23-6-4-3-5-7-23/h3-13,20,31H,14-19,21H2,1-2H3,(H,33,34). The molecule has 0 radical (unpaired) electrons. The molecule has 206 valence electrons. The van der Waals surface area contributed by atoms with Crippen molar-refractivity contribution in [2.24, 2.45) is 0 Å². The lowest BCUT2D eigenvalue weighted by molar-refractivity contribution is 0.0316. The van der Waals surface area contributed by atoms with Crippen LogP contribution in [0.15, 0.2) is 72.8 Å². The number of rotatable bonds is 9. The maximum Gasteiger partial charge on any atom is 0.273 e. The number of nitrogens with one attached hydrogen (secondary N) is 1. The van der Waals surface area contributed by atoms with Crippen LogP contribution in [-0.2, 0) is 11.3 Å². The van der Waals surface area contributed by atoms with Crippen LogP contribution in [0.2, 0.25) is 0 Å². The molecule has 40 heavy (non-hydrogen) atoms. The Balaban J connectivity index is 1.35. The number of aromatic nitrogens is 2. The predicted molar refractivity (Wildman–Crippen MR) is 153 cm³/mol. The smallest absolute Gasteiger partial charge is 0.273 e. The van der Waals surface area contributed by atoms with Crippen LogP contribution in [0, 0.1) is 6.92 Å². The molecule has 8 nitrogen and oxygen atoms in total. The Morgan fingerprint density at radius 2 is 1.75 bits per heavy atom. The molecule has 6 rings (SSSR count). The zero-order valence-corrected chi connectivity index (χ0v) is 22.9. The van der Waals surface area contributed by atoms with E-state index < -0.39 is 0 Å². The second-order valence-electron chi connectivity index (χ2n) is 10.3. The van der Waals surface area contributed by atoms with Gasteiger partial charge in [0.2, 0.25) is 0 Å². The molecule has 0 bridgehead atoms. The third-order valence-corrected chi connectivity index (χ3v) is 7.69. The first-order valence-electron chi connectivity index (χ1n) is 13.7. The fourth-order valence-electron chi connectivity index (χ4n) is 5.49. The average Bonchev–Trinajstić information content (AvgIpc) is 3.55. The van der Waals surface area contributed by atoms with Crippen molar-refractivity contribution >= 4 is 5.91 Å². The molecule has 1 fully saturated rings. The van der Waals surface area contributed by atoms with Crippen molar-refractivity contribution in [3.63, 3.8) is 0 Å². The van der Waals surface area contributed by atoms with Crippen molar-refractivity contribution in [3.05, 3.63) is 101 Å². The highest BCUT2D eigenvalue weighted by Gasteiger charge is 2.42. The lowest BCUT2D eigenvalue weighted by atomic mass is 9.95. The van der Waals surface area contributed by atoms with Crippen LogP contribution in [0.1, 0.15) is 38.8 Å². The Morgan fingerprint density at radius 1 is 0.975 bits per heavy atom. The number of morpholine rings is 1. The summed E-state index contributed by atoms with van der Waals surface area (Å²) in [4.78, 5) is 18.1. The van der Waals surface area contributed by atoms with E-state index in [1.54, 1.807) is 7.11 Å². The molecule has 1 unspecified atom stereocenters. The highest BCUT2D eigenvalue weighted by Crippen LogP contribution is 2.44. The van der Waals surface area contributed by atoms with Crippen molar-refractivity contribution in [1.82, 2.24) is 20.0 Å². The van der Waals surface area contributed by atoms with E-state index in [2.05, 4.69) is 46.3 Å². The fourth-order valence-corrected chi connectivity index (χ4v) is 5.49. The van der Waals surface area contributed by atoms with Crippen molar-refractivity contribution in [1.29, 1.82) is 0 Å². The van der Waals surface area contributed by atoms with Gasteiger partial charge in [-0.15, -0.1) is 0 Å². The Kier molecular flexibility index (Phi) is 7.53. The minimum Gasteiger partial charge on any atom is -0.493 e. The van der Waals surface area contributed by atoms with Gasteiger partial charge < -0.3 is 19.1 Å². The molecule has 0 spiro atoms. The highest BCUT2D eigenvalue weighted by molar-refractivity contribution is 6.00. The van der Waals surface area contributed by atoms with Crippen LogP contribution in [0.25, 0.3) is 11.3 Å². The van der Waals surface area contributed by atoms with Crippen molar-refractivity contribution in [2.75, 3.05) is 46.5 Å². The van der Waals surface area contributed by atoms with E-state index in [4.69, 9.17) is 14.2 Å². The second-order valence-corrected chi connectivity index (χ2v) is 10.3. The van der Waals surface area contributed by atoms with Crippen LogP contribution in [0.5, 0.6) is 11.5 Å². The van der Waals surface area contributed by atoms with Crippen LogP contribution >= 0.6 is 0 Å². The second kappa shape index (κ2) is 11.5. The van der Waals surface area contributed by atoms with Gasteiger partial charge in [-0.05, 0) is 30.2 Å². The first-order chi connectivity index (χ1) is 19.6. The number of ether oxygens (including phenoxy) is 3. The summed E-state index contributed by atoms with van der Waals surface area (Å²) in [5, 5.41) is 7.68. The van der Waals surface area contributed by atoms with E-state index in [1.165, 1.54) is 5.56 Å². The molecule has 1 saturated heterocycles. The van der Waals surface area contributed by atoms with E-state index in [9.17, 15) is 4.79 Å². The van der Waals surface area contributed by atoms with Crippen LogP contribution < -0.4 is 9.47 Å².